The molecule has 7 nitrogen and oxygen atoms in total. The van der Waals surface area contributed by atoms with Gasteiger partial charge in [0.25, 0.3) is 5.56 Å². The topological polar surface area (TPSA) is 69.5 Å². The van der Waals surface area contributed by atoms with E-state index in [-0.39, 0.29) is 11.2 Å². The van der Waals surface area contributed by atoms with Gasteiger partial charge in [0.2, 0.25) is 0 Å². The molecule has 0 bridgehead atoms. The van der Waals surface area contributed by atoms with E-state index >= 15 is 0 Å². The number of halogens is 1. The molecular formula is C24H23BrN4O3S. The van der Waals surface area contributed by atoms with Gasteiger partial charge in [-0.15, -0.1) is 11.3 Å². The van der Waals surface area contributed by atoms with Crippen LogP contribution in [0.15, 0.2) is 39.9 Å². The summed E-state index contributed by atoms with van der Waals surface area (Å²) < 4.78 is 14.9. The van der Waals surface area contributed by atoms with E-state index in [0.29, 0.717) is 24.5 Å². The third-order valence-corrected chi connectivity index (χ3v) is 7.94. The monoisotopic (exact) mass is 526 g/mol. The predicted octanol–water partition coefficient (Wildman–Crippen LogP) is 4.45. The molecule has 3 aromatic heterocycles. The van der Waals surface area contributed by atoms with Crippen LogP contribution in [0.4, 0.5) is 5.82 Å². The molecule has 1 saturated heterocycles. The number of morpholine rings is 1. The molecule has 6 rings (SSSR count). The van der Waals surface area contributed by atoms with E-state index < -0.39 is 0 Å². The Hall–Kier alpha value is -2.33. The Kier molecular flexibility index (Phi) is 5.06. The molecule has 9 heteroatoms. The molecule has 2 aliphatic heterocycles. The first-order valence-electron chi connectivity index (χ1n) is 11.0. The highest BCUT2D eigenvalue weighted by Gasteiger charge is 2.33. The lowest BCUT2D eigenvalue weighted by molar-refractivity contribution is -0.0396. The summed E-state index contributed by atoms with van der Waals surface area (Å²) in [5.41, 5.74) is 3.49. The van der Waals surface area contributed by atoms with Crippen molar-refractivity contribution in [2.75, 3.05) is 31.2 Å². The number of anilines is 1. The molecule has 170 valence electrons. The lowest BCUT2D eigenvalue weighted by atomic mass is 9.90. The van der Waals surface area contributed by atoms with E-state index in [0.717, 1.165) is 56.8 Å². The molecule has 1 fully saturated rings. The van der Waals surface area contributed by atoms with Crippen molar-refractivity contribution in [2.45, 2.75) is 32.5 Å². The van der Waals surface area contributed by atoms with E-state index in [4.69, 9.17) is 19.4 Å². The van der Waals surface area contributed by atoms with Crippen molar-refractivity contribution in [1.82, 2.24) is 14.5 Å². The van der Waals surface area contributed by atoms with Gasteiger partial charge in [-0.3, -0.25) is 9.36 Å². The van der Waals surface area contributed by atoms with Crippen LogP contribution in [0.1, 0.15) is 25.0 Å². The van der Waals surface area contributed by atoms with Crippen molar-refractivity contribution in [2.24, 2.45) is 0 Å². The van der Waals surface area contributed by atoms with Gasteiger partial charge < -0.3 is 14.4 Å². The molecule has 33 heavy (non-hydrogen) atoms. The fraction of sp³-hybridized carbons (Fsp3) is 0.375. The van der Waals surface area contributed by atoms with Gasteiger partial charge in [0.1, 0.15) is 21.7 Å². The van der Waals surface area contributed by atoms with Gasteiger partial charge in [-0.1, -0.05) is 15.9 Å². The Labute approximate surface area is 203 Å². The Morgan fingerprint density at radius 3 is 2.64 bits per heavy atom. The van der Waals surface area contributed by atoms with E-state index in [1.54, 1.807) is 10.9 Å². The predicted molar refractivity (Wildman–Crippen MR) is 134 cm³/mol. The van der Waals surface area contributed by atoms with Crippen molar-refractivity contribution in [3.8, 4) is 5.69 Å². The highest BCUT2D eigenvalue weighted by molar-refractivity contribution is 9.10. The SMILES string of the molecule is CC1(C)Cc2c(c(N3CCOCC3)nc3sc4c(=O)n(-c5ccc(Br)cc5)cnc4c23)CO1. The maximum Gasteiger partial charge on any atom is 0.275 e. The molecule has 0 radical (unpaired) electrons. The number of benzene rings is 1. The van der Waals surface area contributed by atoms with Gasteiger partial charge in [0.05, 0.1) is 36.6 Å². The van der Waals surface area contributed by atoms with Crippen LogP contribution in [0.5, 0.6) is 0 Å². The third-order valence-electron chi connectivity index (χ3n) is 6.35. The largest absolute Gasteiger partial charge is 0.378 e. The van der Waals surface area contributed by atoms with Crippen LogP contribution < -0.4 is 10.5 Å². The van der Waals surface area contributed by atoms with Crippen LogP contribution >= 0.6 is 27.3 Å². The average molecular weight is 527 g/mol. The quantitative estimate of drug-likeness (QED) is 0.384. The Balaban J connectivity index is 1.61. The van der Waals surface area contributed by atoms with Gasteiger partial charge >= 0.3 is 0 Å². The fourth-order valence-electron chi connectivity index (χ4n) is 4.67. The fourth-order valence-corrected chi connectivity index (χ4v) is 6.02. The molecule has 1 aromatic carbocycles. The summed E-state index contributed by atoms with van der Waals surface area (Å²) in [5.74, 6) is 0.955. The van der Waals surface area contributed by atoms with Crippen molar-refractivity contribution in [3.63, 3.8) is 0 Å². The van der Waals surface area contributed by atoms with Crippen LogP contribution in [0, 0.1) is 0 Å². The summed E-state index contributed by atoms with van der Waals surface area (Å²) >= 11 is 4.89. The Morgan fingerprint density at radius 2 is 1.88 bits per heavy atom. The first-order chi connectivity index (χ1) is 15.9. The highest BCUT2D eigenvalue weighted by atomic mass is 79.9. The first kappa shape index (κ1) is 21.2. The number of aromatic nitrogens is 3. The van der Waals surface area contributed by atoms with E-state index in [2.05, 4.69) is 34.7 Å². The smallest absolute Gasteiger partial charge is 0.275 e. The second kappa shape index (κ2) is 7.87. The van der Waals surface area contributed by atoms with E-state index in [1.165, 1.54) is 16.9 Å². The summed E-state index contributed by atoms with van der Waals surface area (Å²) in [6.07, 6.45) is 2.38. The third kappa shape index (κ3) is 3.58. The first-order valence-corrected chi connectivity index (χ1v) is 12.6. The summed E-state index contributed by atoms with van der Waals surface area (Å²) in [5, 5.41) is 0.999. The van der Waals surface area contributed by atoms with Crippen LogP contribution in [0.2, 0.25) is 0 Å². The number of hydrogen-bond donors (Lipinski definition) is 0. The zero-order chi connectivity index (χ0) is 22.7. The minimum atomic E-state index is -0.287. The van der Waals surface area contributed by atoms with Gasteiger partial charge in [-0.25, -0.2) is 9.97 Å². The number of fused-ring (bicyclic) bond motifs is 5. The van der Waals surface area contributed by atoms with E-state index in [1.807, 2.05) is 24.3 Å². The van der Waals surface area contributed by atoms with Crippen molar-refractivity contribution >= 4 is 53.5 Å². The molecule has 0 amide bonds. The molecule has 5 heterocycles. The lowest BCUT2D eigenvalue weighted by Gasteiger charge is -2.36. The summed E-state index contributed by atoms with van der Waals surface area (Å²) in [6, 6.07) is 7.66. The number of nitrogens with zero attached hydrogens (tertiary/aromatic N) is 4. The molecule has 0 saturated carbocycles. The van der Waals surface area contributed by atoms with Gasteiger partial charge in [0.15, 0.2) is 0 Å². The molecule has 4 aromatic rings. The summed E-state index contributed by atoms with van der Waals surface area (Å²) in [6.45, 7) is 7.70. The number of hydrogen-bond acceptors (Lipinski definition) is 7. The van der Waals surface area contributed by atoms with Crippen molar-refractivity contribution in [3.05, 3.63) is 56.5 Å². The average Bonchev–Trinajstić information content (AvgIpc) is 3.19. The van der Waals surface area contributed by atoms with Crippen LogP contribution in [-0.4, -0.2) is 46.4 Å². The number of thiophene rings is 1. The van der Waals surface area contributed by atoms with Gasteiger partial charge in [-0.2, -0.15) is 0 Å². The van der Waals surface area contributed by atoms with Crippen LogP contribution in [0.25, 0.3) is 26.1 Å². The standard InChI is InChI=1S/C24H23BrN4O3S/c1-24(2)11-16-17(12-32-24)21(28-7-9-31-10-8-28)27-22-18(16)19-20(33-22)23(30)29(13-26-19)15-5-3-14(25)4-6-15/h3-6,13H,7-12H2,1-2H3. The minimum Gasteiger partial charge on any atom is -0.378 e. The van der Waals surface area contributed by atoms with Gasteiger partial charge in [-0.05, 0) is 43.7 Å². The molecule has 0 atom stereocenters. The van der Waals surface area contributed by atoms with E-state index in [9.17, 15) is 4.79 Å². The molecular weight excluding hydrogens is 504 g/mol. The number of pyridine rings is 1. The maximum atomic E-state index is 13.5. The second-order valence-corrected chi connectivity index (χ2v) is 11.0. The Morgan fingerprint density at radius 1 is 1.12 bits per heavy atom. The maximum absolute atomic E-state index is 13.5. The number of rotatable bonds is 2. The van der Waals surface area contributed by atoms with Crippen molar-refractivity contribution in [1.29, 1.82) is 0 Å². The molecule has 0 spiro atoms. The Bertz CT molecular complexity index is 1440. The molecule has 2 aliphatic rings. The van der Waals surface area contributed by atoms with Gasteiger partial charge in [0, 0.05) is 34.9 Å². The molecule has 0 unspecified atom stereocenters. The highest BCUT2D eigenvalue weighted by Crippen LogP contribution is 2.42. The zero-order valence-electron chi connectivity index (χ0n) is 18.4. The summed E-state index contributed by atoms with van der Waals surface area (Å²) in [7, 11) is 0. The molecule has 0 N–H and O–H groups in total. The molecule has 0 aliphatic carbocycles. The lowest BCUT2D eigenvalue weighted by Crippen LogP contribution is -2.39. The normalized spacial score (nSPS) is 18.1. The van der Waals surface area contributed by atoms with Crippen LogP contribution in [0.3, 0.4) is 0 Å². The second-order valence-electron chi connectivity index (χ2n) is 9.07. The zero-order valence-corrected chi connectivity index (χ0v) is 20.8. The van der Waals surface area contributed by atoms with Crippen molar-refractivity contribution < 1.29 is 9.47 Å². The minimum absolute atomic E-state index is 0.0710. The van der Waals surface area contributed by atoms with Crippen LogP contribution in [-0.2, 0) is 22.5 Å². The summed E-state index contributed by atoms with van der Waals surface area (Å²) in [4.78, 5) is 26.5. The number of ether oxygens (including phenoxy) is 2.